The molecular formula is C18H27N5O3. The Kier molecular flexibility index (Phi) is 4.69. The molecule has 142 valence electrons. The fourth-order valence-corrected chi connectivity index (χ4v) is 4.17. The van der Waals surface area contributed by atoms with Gasteiger partial charge in [0.05, 0.1) is 19.3 Å². The first-order valence-electron chi connectivity index (χ1n) is 9.55. The predicted molar refractivity (Wildman–Crippen MR) is 93.2 cm³/mol. The smallest absolute Gasteiger partial charge is 0.244 e. The van der Waals surface area contributed by atoms with Crippen LogP contribution < -0.4 is 0 Å². The summed E-state index contributed by atoms with van der Waals surface area (Å²) in [5, 5.41) is 4.30. The zero-order valence-electron chi connectivity index (χ0n) is 15.6. The molecule has 8 nitrogen and oxygen atoms in total. The number of amides is 2. The molecule has 1 aromatic heterocycles. The fraction of sp³-hybridized carbons (Fsp3) is 0.778. The molecule has 2 amide bonds. The van der Waals surface area contributed by atoms with Gasteiger partial charge in [-0.05, 0) is 26.7 Å². The van der Waals surface area contributed by atoms with Crippen molar-refractivity contribution in [2.75, 3.05) is 32.8 Å². The van der Waals surface area contributed by atoms with Crippen molar-refractivity contribution >= 4 is 11.8 Å². The summed E-state index contributed by atoms with van der Waals surface area (Å²) in [4.78, 5) is 33.9. The Hall–Kier alpha value is -1.96. The summed E-state index contributed by atoms with van der Waals surface area (Å²) in [6.45, 7) is 6.88. The maximum atomic E-state index is 13.0. The molecule has 1 aromatic rings. The third-order valence-electron chi connectivity index (χ3n) is 5.80. The van der Waals surface area contributed by atoms with E-state index in [1.807, 2.05) is 23.6 Å². The number of nitrogens with zero attached hydrogens (tertiary/aromatic N) is 5. The number of ether oxygens (including phenoxy) is 1. The highest BCUT2D eigenvalue weighted by atomic mass is 16.5. The molecule has 2 saturated heterocycles. The first kappa shape index (κ1) is 17.5. The minimum absolute atomic E-state index is 0.0245. The minimum atomic E-state index is -0.0797. The Bertz CT molecular complexity index is 699. The van der Waals surface area contributed by atoms with Crippen LogP contribution in [0.25, 0.3) is 0 Å². The van der Waals surface area contributed by atoms with Gasteiger partial charge in [0, 0.05) is 31.5 Å². The first-order chi connectivity index (χ1) is 12.5. The molecule has 4 rings (SSSR count). The third-order valence-corrected chi connectivity index (χ3v) is 5.80. The lowest BCUT2D eigenvalue weighted by Gasteiger charge is -2.35. The molecule has 0 radical (unpaired) electrons. The lowest BCUT2D eigenvalue weighted by atomic mass is 9.84. The molecule has 1 saturated carbocycles. The van der Waals surface area contributed by atoms with Crippen molar-refractivity contribution in [2.24, 2.45) is 11.8 Å². The Labute approximate surface area is 153 Å². The topological polar surface area (TPSA) is 80.6 Å². The van der Waals surface area contributed by atoms with Gasteiger partial charge in [0.1, 0.15) is 18.2 Å². The summed E-state index contributed by atoms with van der Waals surface area (Å²) in [5.41, 5.74) is 0. The average Bonchev–Trinajstić information content (AvgIpc) is 2.71. The van der Waals surface area contributed by atoms with E-state index in [0.717, 1.165) is 25.1 Å². The molecular weight excluding hydrogens is 334 g/mol. The van der Waals surface area contributed by atoms with Gasteiger partial charge in [0.2, 0.25) is 11.8 Å². The summed E-state index contributed by atoms with van der Waals surface area (Å²) in [7, 11) is 0. The number of carbonyl (C=O) groups excluding carboxylic acids is 2. The van der Waals surface area contributed by atoms with Gasteiger partial charge >= 0.3 is 0 Å². The highest BCUT2D eigenvalue weighted by Crippen LogP contribution is 2.30. The second kappa shape index (κ2) is 6.98. The van der Waals surface area contributed by atoms with Gasteiger partial charge in [0.25, 0.3) is 0 Å². The van der Waals surface area contributed by atoms with Crippen LogP contribution in [0.15, 0.2) is 0 Å². The Morgan fingerprint density at radius 2 is 1.96 bits per heavy atom. The maximum absolute atomic E-state index is 13.0. The van der Waals surface area contributed by atoms with E-state index in [1.54, 1.807) is 4.68 Å². The van der Waals surface area contributed by atoms with Crippen molar-refractivity contribution in [3.8, 4) is 0 Å². The monoisotopic (exact) mass is 361 g/mol. The van der Waals surface area contributed by atoms with E-state index in [9.17, 15) is 9.59 Å². The van der Waals surface area contributed by atoms with E-state index < -0.39 is 0 Å². The average molecular weight is 361 g/mol. The van der Waals surface area contributed by atoms with E-state index in [4.69, 9.17) is 4.74 Å². The minimum Gasteiger partial charge on any atom is -0.379 e. The fourth-order valence-electron chi connectivity index (χ4n) is 4.17. The lowest BCUT2D eigenvalue weighted by molar-refractivity contribution is -0.141. The molecule has 3 fully saturated rings. The zero-order chi connectivity index (χ0) is 18.3. The molecule has 1 aliphatic carbocycles. The van der Waals surface area contributed by atoms with Crippen LogP contribution in [0.2, 0.25) is 0 Å². The SMILES string of the molecule is Cc1nc(C)n(CC(=O)N2C[C@H]3COC[C@@H]2CN(C(=O)C2CCC2)C3)n1. The molecule has 3 aliphatic rings. The van der Waals surface area contributed by atoms with Crippen molar-refractivity contribution in [3.63, 3.8) is 0 Å². The number of hydrogen-bond acceptors (Lipinski definition) is 5. The van der Waals surface area contributed by atoms with Crippen LogP contribution in [-0.2, 0) is 20.9 Å². The van der Waals surface area contributed by atoms with Gasteiger partial charge in [-0.15, -0.1) is 0 Å². The van der Waals surface area contributed by atoms with Gasteiger partial charge in [-0.2, -0.15) is 5.10 Å². The number of hydrogen-bond donors (Lipinski definition) is 0. The zero-order valence-corrected chi connectivity index (χ0v) is 15.6. The van der Waals surface area contributed by atoms with Crippen molar-refractivity contribution in [1.82, 2.24) is 24.6 Å². The number of aromatic nitrogens is 3. The first-order valence-corrected chi connectivity index (χ1v) is 9.55. The molecule has 2 bridgehead atoms. The second-order valence-corrected chi connectivity index (χ2v) is 7.84. The van der Waals surface area contributed by atoms with Crippen LogP contribution in [0.4, 0.5) is 0 Å². The summed E-state index contributed by atoms with van der Waals surface area (Å²) in [5.74, 6) is 2.08. The third kappa shape index (κ3) is 3.34. The van der Waals surface area contributed by atoms with Crippen molar-refractivity contribution < 1.29 is 14.3 Å². The lowest BCUT2D eigenvalue weighted by Crippen LogP contribution is -2.50. The molecule has 0 spiro atoms. The van der Waals surface area contributed by atoms with Crippen LogP contribution in [0.1, 0.15) is 30.9 Å². The van der Waals surface area contributed by atoms with Crippen LogP contribution >= 0.6 is 0 Å². The van der Waals surface area contributed by atoms with Crippen molar-refractivity contribution in [3.05, 3.63) is 11.6 Å². The van der Waals surface area contributed by atoms with Crippen LogP contribution in [0.5, 0.6) is 0 Å². The Balaban J connectivity index is 1.49. The predicted octanol–water partition coefficient (Wildman–Crippen LogP) is 0.381. The summed E-state index contributed by atoms with van der Waals surface area (Å²) < 4.78 is 7.44. The molecule has 26 heavy (non-hydrogen) atoms. The summed E-state index contributed by atoms with van der Waals surface area (Å²) >= 11 is 0. The largest absolute Gasteiger partial charge is 0.379 e. The molecule has 2 aliphatic heterocycles. The van der Waals surface area contributed by atoms with Crippen LogP contribution in [-0.4, -0.2) is 75.3 Å². The number of carbonyl (C=O) groups is 2. The van der Waals surface area contributed by atoms with Gasteiger partial charge in [0.15, 0.2) is 0 Å². The van der Waals surface area contributed by atoms with Crippen LogP contribution in [0.3, 0.4) is 0 Å². The second-order valence-electron chi connectivity index (χ2n) is 7.84. The summed E-state index contributed by atoms with van der Waals surface area (Å²) in [6, 6.07) is -0.0797. The van der Waals surface area contributed by atoms with Gasteiger partial charge < -0.3 is 14.5 Å². The van der Waals surface area contributed by atoms with E-state index in [-0.39, 0.29) is 36.2 Å². The van der Waals surface area contributed by atoms with Gasteiger partial charge in [-0.1, -0.05) is 6.42 Å². The molecule has 8 heteroatoms. The molecule has 2 atom stereocenters. The highest BCUT2D eigenvalue weighted by molar-refractivity contribution is 5.80. The highest BCUT2D eigenvalue weighted by Gasteiger charge is 2.39. The Morgan fingerprint density at radius 3 is 2.62 bits per heavy atom. The number of fused-ring (bicyclic) bond motifs is 3. The number of rotatable bonds is 3. The molecule has 0 N–H and O–H groups in total. The van der Waals surface area contributed by atoms with E-state index >= 15 is 0 Å². The maximum Gasteiger partial charge on any atom is 0.244 e. The van der Waals surface area contributed by atoms with Crippen LogP contribution in [0, 0.1) is 25.7 Å². The van der Waals surface area contributed by atoms with Crippen molar-refractivity contribution in [1.29, 1.82) is 0 Å². The van der Waals surface area contributed by atoms with E-state index in [2.05, 4.69) is 10.1 Å². The van der Waals surface area contributed by atoms with E-state index in [0.29, 0.717) is 38.7 Å². The van der Waals surface area contributed by atoms with Gasteiger partial charge in [-0.25, -0.2) is 9.67 Å². The van der Waals surface area contributed by atoms with Gasteiger partial charge in [-0.3, -0.25) is 9.59 Å². The molecule has 3 heterocycles. The molecule has 0 aromatic carbocycles. The Morgan fingerprint density at radius 1 is 1.15 bits per heavy atom. The summed E-state index contributed by atoms with van der Waals surface area (Å²) in [6.07, 6.45) is 3.17. The van der Waals surface area contributed by atoms with Crippen molar-refractivity contribution in [2.45, 2.75) is 45.7 Å². The van der Waals surface area contributed by atoms with E-state index in [1.165, 1.54) is 0 Å². The quantitative estimate of drug-likeness (QED) is 0.778. The normalized spacial score (nSPS) is 26.4. The standard InChI is InChI=1S/C18H27N5O3/c1-12-19-13(2)23(20-12)9-17(24)22-7-14-6-21(8-16(22)11-26-10-14)18(25)15-4-3-5-15/h14-16H,3-11H2,1-2H3/t14-,16-/m0/s1. The number of aryl methyl sites for hydroxylation is 2. The molecule has 0 unspecified atom stereocenters.